The standard InChI is InChI=1S/C19H24N6O/c1-2-14-10-17(22-12-21-14)25-9-3-4-15(11-25)23-19(26)16-7-8-20-18(24-16)13-5-6-13/h7-8,10,12-13,15H,2-6,9,11H2,1H3,(H,23,26). The molecule has 0 spiro atoms. The molecular weight excluding hydrogens is 328 g/mol. The highest BCUT2D eigenvalue weighted by Crippen LogP contribution is 2.37. The third kappa shape index (κ3) is 3.81. The minimum atomic E-state index is -0.113. The van der Waals surface area contributed by atoms with Gasteiger partial charge in [0.15, 0.2) is 0 Å². The van der Waals surface area contributed by atoms with E-state index in [-0.39, 0.29) is 11.9 Å². The van der Waals surface area contributed by atoms with Gasteiger partial charge in [-0.15, -0.1) is 0 Å². The van der Waals surface area contributed by atoms with Crippen molar-refractivity contribution in [2.24, 2.45) is 0 Å². The Morgan fingerprint density at radius 1 is 1.27 bits per heavy atom. The number of carbonyl (C=O) groups is 1. The third-order valence-electron chi connectivity index (χ3n) is 5.00. The van der Waals surface area contributed by atoms with Gasteiger partial charge in [-0.2, -0.15) is 0 Å². The molecule has 4 rings (SSSR count). The smallest absolute Gasteiger partial charge is 0.270 e. The van der Waals surface area contributed by atoms with Gasteiger partial charge in [0.2, 0.25) is 0 Å². The van der Waals surface area contributed by atoms with Crippen LogP contribution in [0.3, 0.4) is 0 Å². The molecule has 1 atom stereocenters. The highest BCUT2D eigenvalue weighted by molar-refractivity contribution is 5.92. The van der Waals surface area contributed by atoms with Crippen LogP contribution in [0.15, 0.2) is 24.7 Å². The molecule has 2 aromatic heterocycles. The quantitative estimate of drug-likeness (QED) is 0.887. The maximum atomic E-state index is 12.6. The molecule has 2 aliphatic rings. The van der Waals surface area contributed by atoms with Crippen molar-refractivity contribution in [3.8, 4) is 0 Å². The zero-order valence-corrected chi connectivity index (χ0v) is 15.1. The molecule has 1 aliphatic heterocycles. The summed E-state index contributed by atoms with van der Waals surface area (Å²) < 4.78 is 0. The fourth-order valence-electron chi connectivity index (χ4n) is 3.35. The number of anilines is 1. The zero-order valence-electron chi connectivity index (χ0n) is 15.1. The second kappa shape index (κ2) is 7.35. The fourth-order valence-corrected chi connectivity index (χ4v) is 3.35. The number of nitrogens with zero attached hydrogens (tertiary/aromatic N) is 5. The van der Waals surface area contributed by atoms with E-state index in [1.807, 2.05) is 6.07 Å². The van der Waals surface area contributed by atoms with Crippen LogP contribution in [-0.4, -0.2) is 45.0 Å². The molecule has 26 heavy (non-hydrogen) atoms. The van der Waals surface area contributed by atoms with Gasteiger partial charge >= 0.3 is 0 Å². The summed E-state index contributed by atoms with van der Waals surface area (Å²) in [4.78, 5) is 32.2. The van der Waals surface area contributed by atoms with Crippen LogP contribution in [0, 0.1) is 0 Å². The van der Waals surface area contributed by atoms with E-state index in [9.17, 15) is 4.79 Å². The third-order valence-corrected chi connectivity index (χ3v) is 5.00. The molecule has 0 bridgehead atoms. The number of piperidine rings is 1. The van der Waals surface area contributed by atoms with Crippen molar-refractivity contribution in [2.45, 2.75) is 51.0 Å². The van der Waals surface area contributed by atoms with Gasteiger partial charge in [0, 0.05) is 43.0 Å². The summed E-state index contributed by atoms with van der Waals surface area (Å²) in [5, 5.41) is 3.14. The highest BCUT2D eigenvalue weighted by Gasteiger charge is 2.28. The predicted octanol–water partition coefficient (Wildman–Crippen LogP) is 2.11. The van der Waals surface area contributed by atoms with E-state index < -0.39 is 0 Å². The molecule has 0 radical (unpaired) electrons. The first-order valence-electron chi connectivity index (χ1n) is 9.42. The van der Waals surface area contributed by atoms with Crippen LogP contribution >= 0.6 is 0 Å². The Morgan fingerprint density at radius 2 is 2.15 bits per heavy atom. The minimum Gasteiger partial charge on any atom is -0.354 e. The zero-order chi connectivity index (χ0) is 17.9. The lowest BCUT2D eigenvalue weighted by Crippen LogP contribution is -2.48. The van der Waals surface area contributed by atoms with Crippen LogP contribution in [0.5, 0.6) is 0 Å². The fraction of sp³-hybridized carbons (Fsp3) is 0.526. The van der Waals surface area contributed by atoms with E-state index in [2.05, 4.69) is 37.1 Å². The van der Waals surface area contributed by atoms with Crippen LogP contribution in [0.25, 0.3) is 0 Å². The van der Waals surface area contributed by atoms with Gasteiger partial charge in [0.05, 0.1) is 0 Å². The Kier molecular flexibility index (Phi) is 4.77. The van der Waals surface area contributed by atoms with E-state index >= 15 is 0 Å². The summed E-state index contributed by atoms with van der Waals surface area (Å²) in [7, 11) is 0. The average Bonchev–Trinajstić information content (AvgIpc) is 3.54. The summed E-state index contributed by atoms with van der Waals surface area (Å²) in [6.45, 7) is 3.79. The number of amides is 1. The molecule has 1 saturated carbocycles. The summed E-state index contributed by atoms with van der Waals surface area (Å²) in [6.07, 6.45) is 8.44. The van der Waals surface area contributed by atoms with Crippen molar-refractivity contribution >= 4 is 11.7 Å². The average molecular weight is 352 g/mol. The number of aryl methyl sites for hydroxylation is 1. The van der Waals surface area contributed by atoms with Crippen molar-refractivity contribution in [1.82, 2.24) is 25.3 Å². The van der Waals surface area contributed by atoms with Crippen molar-refractivity contribution < 1.29 is 4.79 Å². The first kappa shape index (κ1) is 16.9. The molecule has 136 valence electrons. The van der Waals surface area contributed by atoms with Crippen molar-refractivity contribution in [2.75, 3.05) is 18.0 Å². The molecule has 1 N–H and O–H groups in total. The molecule has 1 aliphatic carbocycles. The highest BCUT2D eigenvalue weighted by atomic mass is 16.2. The van der Waals surface area contributed by atoms with Gasteiger partial charge in [0.25, 0.3) is 5.91 Å². The Balaban J connectivity index is 1.41. The van der Waals surface area contributed by atoms with E-state index in [1.54, 1.807) is 18.6 Å². The van der Waals surface area contributed by atoms with Crippen LogP contribution in [0.1, 0.15) is 60.5 Å². The number of aromatic nitrogens is 4. The monoisotopic (exact) mass is 352 g/mol. The second-order valence-corrected chi connectivity index (χ2v) is 7.05. The Hall–Kier alpha value is -2.57. The molecule has 0 aromatic carbocycles. The maximum absolute atomic E-state index is 12.6. The predicted molar refractivity (Wildman–Crippen MR) is 98.1 cm³/mol. The van der Waals surface area contributed by atoms with Gasteiger partial charge in [-0.3, -0.25) is 4.79 Å². The van der Waals surface area contributed by atoms with Crippen LogP contribution in [0.2, 0.25) is 0 Å². The Bertz CT molecular complexity index is 791. The largest absolute Gasteiger partial charge is 0.354 e. The first-order valence-corrected chi connectivity index (χ1v) is 9.42. The van der Waals surface area contributed by atoms with Crippen LogP contribution in [0.4, 0.5) is 5.82 Å². The Labute approximate surface area is 153 Å². The van der Waals surface area contributed by atoms with Crippen molar-refractivity contribution in [1.29, 1.82) is 0 Å². The molecule has 2 aromatic rings. The van der Waals surface area contributed by atoms with E-state index in [1.165, 1.54) is 0 Å². The molecule has 1 saturated heterocycles. The number of carbonyl (C=O) groups excluding carboxylic acids is 1. The lowest BCUT2D eigenvalue weighted by atomic mass is 10.1. The van der Waals surface area contributed by atoms with Crippen LogP contribution in [-0.2, 0) is 6.42 Å². The topological polar surface area (TPSA) is 83.9 Å². The summed E-state index contributed by atoms with van der Waals surface area (Å²) in [5.74, 6) is 2.07. The van der Waals surface area contributed by atoms with Crippen molar-refractivity contribution in [3.05, 3.63) is 41.9 Å². The normalized spacial score (nSPS) is 20.0. The van der Waals surface area contributed by atoms with Gasteiger partial charge in [-0.25, -0.2) is 19.9 Å². The van der Waals surface area contributed by atoms with E-state index in [0.29, 0.717) is 11.6 Å². The minimum absolute atomic E-state index is 0.0932. The van der Waals surface area contributed by atoms with E-state index in [0.717, 1.165) is 62.5 Å². The first-order chi connectivity index (χ1) is 12.7. The number of hydrogen-bond acceptors (Lipinski definition) is 6. The van der Waals surface area contributed by atoms with Gasteiger partial charge < -0.3 is 10.2 Å². The number of nitrogens with one attached hydrogen (secondary N) is 1. The molecule has 7 heteroatoms. The summed E-state index contributed by atoms with van der Waals surface area (Å²) >= 11 is 0. The number of rotatable bonds is 5. The van der Waals surface area contributed by atoms with Gasteiger partial charge in [0.1, 0.15) is 23.7 Å². The molecule has 1 unspecified atom stereocenters. The van der Waals surface area contributed by atoms with Gasteiger partial charge in [-0.1, -0.05) is 6.92 Å². The van der Waals surface area contributed by atoms with Crippen molar-refractivity contribution in [3.63, 3.8) is 0 Å². The lowest BCUT2D eigenvalue weighted by Gasteiger charge is -2.34. The number of hydrogen-bond donors (Lipinski definition) is 1. The SMILES string of the molecule is CCc1cc(N2CCCC(NC(=O)c3ccnc(C4CC4)n3)C2)ncn1. The molecule has 2 fully saturated rings. The lowest BCUT2D eigenvalue weighted by molar-refractivity contribution is 0.0927. The Morgan fingerprint density at radius 3 is 2.96 bits per heavy atom. The van der Waals surface area contributed by atoms with Gasteiger partial charge in [-0.05, 0) is 38.2 Å². The molecular formula is C19H24N6O. The van der Waals surface area contributed by atoms with Crippen LogP contribution < -0.4 is 10.2 Å². The second-order valence-electron chi connectivity index (χ2n) is 7.05. The molecule has 1 amide bonds. The molecule has 7 nitrogen and oxygen atoms in total. The molecule has 3 heterocycles. The summed E-state index contributed by atoms with van der Waals surface area (Å²) in [6, 6.07) is 3.83. The summed E-state index contributed by atoms with van der Waals surface area (Å²) in [5.41, 5.74) is 1.50. The maximum Gasteiger partial charge on any atom is 0.270 e. The van der Waals surface area contributed by atoms with E-state index in [4.69, 9.17) is 0 Å².